The van der Waals surface area contributed by atoms with Crippen molar-refractivity contribution < 1.29 is 19.3 Å². The summed E-state index contributed by atoms with van der Waals surface area (Å²) in [5.74, 6) is 0.632. The summed E-state index contributed by atoms with van der Waals surface area (Å²) in [6, 6.07) is 9.02. The molecule has 0 bridgehead atoms. The first kappa shape index (κ1) is 15.0. The largest absolute Gasteiger partial charge is 0.849 e. The molecular formula is C11H20BNO3. The molecule has 1 rings (SSSR count). The Morgan fingerprint density at radius 1 is 1.25 bits per heavy atom. The molecule has 1 N–H and O–H groups in total. The van der Waals surface area contributed by atoms with Gasteiger partial charge in [-0.25, -0.2) is 0 Å². The topological polar surface area (TPSA) is 52.5 Å². The highest BCUT2D eigenvalue weighted by Crippen LogP contribution is 2.05. The number of aliphatic hydroxyl groups is 1. The quantitative estimate of drug-likeness (QED) is 0.548. The lowest BCUT2D eigenvalue weighted by atomic mass is 10.3. The Morgan fingerprint density at radius 2 is 1.81 bits per heavy atom. The van der Waals surface area contributed by atoms with Crippen LogP contribution in [-0.4, -0.2) is 51.6 Å². The highest BCUT2D eigenvalue weighted by atomic mass is 16.5. The number of benzene rings is 1. The summed E-state index contributed by atoms with van der Waals surface area (Å²) in [6.07, 6.45) is 0. The van der Waals surface area contributed by atoms with Crippen molar-refractivity contribution in [3.63, 3.8) is 0 Å². The molecular weight excluding hydrogens is 205 g/mol. The van der Waals surface area contributed by atoms with E-state index in [0.717, 1.165) is 11.0 Å². The van der Waals surface area contributed by atoms with Gasteiger partial charge in [0, 0.05) is 0 Å². The van der Waals surface area contributed by atoms with Crippen LogP contribution in [0.4, 0.5) is 0 Å². The number of rotatable bonds is 4. The van der Waals surface area contributed by atoms with Crippen molar-refractivity contribution in [3.8, 4) is 5.75 Å². The van der Waals surface area contributed by atoms with Gasteiger partial charge in [0.05, 0.1) is 33.5 Å². The van der Waals surface area contributed by atoms with Crippen molar-refractivity contribution in [2.75, 3.05) is 34.3 Å². The van der Waals surface area contributed by atoms with Crippen molar-refractivity contribution in [2.24, 2.45) is 0 Å². The first-order chi connectivity index (χ1) is 7.49. The summed E-state index contributed by atoms with van der Waals surface area (Å²) in [6.45, 7) is 1.11. The van der Waals surface area contributed by atoms with E-state index in [1.165, 1.54) is 0 Å². The van der Waals surface area contributed by atoms with Gasteiger partial charge in [0.2, 0.25) is 7.69 Å². The fraction of sp³-hybridized carbons (Fsp3) is 0.455. The van der Waals surface area contributed by atoms with Crippen LogP contribution in [0.5, 0.6) is 5.75 Å². The Balaban J connectivity index is 0.000000293. The number of para-hydroxylation sites is 1. The van der Waals surface area contributed by atoms with Crippen LogP contribution in [0.25, 0.3) is 0 Å². The molecule has 1 aromatic carbocycles. The Kier molecular flexibility index (Phi) is 7.63. The van der Waals surface area contributed by atoms with Gasteiger partial charge in [0.1, 0.15) is 6.54 Å². The van der Waals surface area contributed by atoms with Crippen LogP contribution in [0.3, 0.4) is 0 Å². The predicted octanol–water partition coefficient (Wildman–Crippen LogP) is -0.623. The minimum Gasteiger partial charge on any atom is -0.849 e. The summed E-state index contributed by atoms with van der Waals surface area (Å²) in [7, 11) is 5.65. The first-order valence-electron chi connectivity index (χ1n) is 5.17. The molecule has 0 aliphatic rings. The lowest BCUT2D eigenvalue weighted by Gasteiger charge is -2.21. The predicted molar refractivity (Wildman–Crippen MR) is 64.2 cm³/mol. The summed E-state index contributed by atoms with van der Waals surface area (Å²) >= 11 is 0. The monoisotopic (exact) mass is 225 g/mol. The van der Waals surface area contributed by atoms with Crippen LogP contribution in [0.15, 0.2) is 30.3 Å². The SMILES string of the molecule is C[N+](C)(C)CCO.[O-]BOc1ccccc1. The van der Waals surface area contributed by atoms with Crippen LogP contribution in [-0.2, 0) is 0 Å². The van der Waals surface area contributed by atoms with E-state index in [-0.39, 0.29) is 6.61 Å². The molecule has 0 unspecified atom stereocenters. The van der Waals surface area contributed by atoms with E-state index in [9.17, 15) is 5.02 Å². The van der Waals surface area contributed by atoms with Gasteiger partial charge in [-0.1, -0.05) is 18.2 Å². The number of nitrogens with zero attached hydrogens (tertiary/aromatic N) is 1. The van der Waals surface area contributed by atoms with Crippen molar-refractivity contribution in [3.05, 3.63) is 30.3 Å². The third-order valence-corrected chi connectivity index (χ3v) is 1.74. The summed E-state index contributed by atoms with van der Waals surface area (Å²) < 4.78 is 5.49. The molecule has 5 heteroatoms. The van der Waals surface area contributed by atoms with E-state index in [1.54, 1.807) is 12.1 Å². The highest BCUT2D eigenvalue weighted by Gasteiger charge is 2.02. The first-order valence-corrected chi connectivity index (χ1v) is 5.17. The van der Waals surface area contributed by atoms with Crippen LogP contribution in [0.2, 0.25) is 0 Å². The van der Waals surface area contributed by atoms with Crippen molar-refractivity contribution in [1.29, 1.82) is 0 Å². The Labute approximate surface area is 98.0 Å². The molecule has 0 spiro atoms. The Morgan fingerprint density at radius 3 is 2.12 bits per heavy atom. The zero-order chi connectivity index (χ0) is 12.4. The minimum absolute atomic E-state index is 0.281. The second kappa shape index (κ2) is 8.16. The van der Waals surface area contributed by atoms with Gasteiger partial charge in [0.15, 0.2) is 0 Å². The van der Waals surface area contributed by atoms with Crippen LogP contribution in [0.1, 0.15) is 0 Å². The zero-order valence-corrected chi connectivity index (χ0v) is 10.2. The summed E-state index contributed by atoms with van der Waals surface area (Å²) in [5, 5.41) is 18.3. The van der Waals surface area contributed by atoms with Crippen LogP contribution in [0, 0.1) is 0 Å². The minimum atomic E-state index is -0.510. The van der Waals surface area contributed by atoms with Gasteiger partial charge < -0.3 is 19.3 Å². The van der Waals surface area contributed by atoms with Crippen molar-refractivity contribution in [1.82, 2.24) is 0 Å². The number of likely N-dealkylation sites (N-methyl/N-ethyl adjacent to an activating group) is 1. The molecule has 0 atom stereocenters. The third-order valence-electron chi connectivity index (χ3n) is 1.74. The third kappa shape index (κ3) is 9.52. The Bertz CT molecular complexity index is 262. The maximum atomic E-state index is 9.88. The number of hydrogen-bond acceptors (Lipinski definition) is 3. The van der Waals surface area contributed by atoms with Gasteiger partial charge in [-0.15, -0.1) is 0 Å². The van der Waals surface area contributed by atoms with Gasteiger partial charge >= 0.3 is 0 Å². The standard InChI is InChI=1S/C6H6BO2.C5H14NO/c8-7-9-6-4-2-1-3-5-6;1-6(2,3)4-5-7/h1-5,7H;7H,4-5H2,1-3H3/q-1;+1. The zero-order valence-electron chi connectivity index (χ0n) is 10.2. The number of aliphatic hydroxyl groups excluding tert-OH is 1. The van der Waals surface area contributed by atoms with E-state index >= 15 is 0 Å². The average molecular weight is 225 g/mol. The lowest BCUT2D eigenvalue weighted by Crippen LogP contribution is -2.36. The van der Waals surface area contributed by atoms with Gasteiger partial charge in [0.25, 0.3) is 0 Å². The summed E-state index contributed by atoms with van der Waals surface area (Å²) in [5.41, 5.74) is 0. The van der Waals surface area contributed by atoms with E-state index in [2.05, 4.69) is 25.8 Å². The molecule has 0 saturated heterocycles. The van der Waals surface area contributed by atoms with Gasteiger partial charge in [-0.05, 0) is 12.1 Å². The molecule has 0 amide bonds. The van der Waals surface area contributed by atoms with E-state index in [1.807, 2.05) is 18.2 Å². The normalized spacial score (nSPS) is 10.1. The highest BCUT2D eigenvalue weighted by molar-refractivity contribution is 6.15. The fourth-order valence-corrected chi connectivity index (χ4v) is 0.885. The average Bonchev–Trinajstić information content (AvgIpc) is 2.19. The van der Waals surface area contributed by atoms with Crippen LogP contribution < -0.4 is 9.68 Å². The molecule has 0 aliphatic carbocycles. The molecule has 16 heavy (non-hydrogen) atoms. The second-order valence-corrected chi connectivity index (χ2v) is 4.31. The lowest BCUT2D eigenvalue weighted by molar-refractivity contribution is -0.870. The molecule has 0 aromatic heterocycles. The number of hydrogen-bond donors (Lipinski definition) is 1. The molecule has 0 saturated carbocycles. The van der Waals surface area contributed by atoms with E-state index < -0.39 is 7.69 Å². The molecule has 0 fully saturated rings. The van der Waals surface area contributed by atoms with Gasteiger partial charge in [-0.2, -0.15) is 0 Å². The maximum Gasteiger partial charge on any atom is 0.232 e. The van der Waals surface area contributed by atoms with Crippen molar-refractivity contribution >= 4 is 7.69 Å². The molecule has 4 nitrogen and oxygen atoms in total. The van der Waals surface area contributed by atoms with E-state index in [0.29, 0.717) is 5.75 Å². The van der Waals surface area contributed by atoms with Gasteiger partial charge in [-0.3, -0.25) is 0 Å². The van der Waals surface area contributed by atoms with Crippen LogP contribution >= 0.6 is 0 Å². The molecule has 0 radical (unpaired) electrons. The molecule has 90 valence electrons. The molecule has 1 aromatic rings. The van der Waals surface area contributed by atoms with Crippen molar-refractivity contribution in [2.45, 2.75) is 0 Å². The number of quaternary nitrogens is 1. The second-order valence-electron chi connectivity index (χ2n) is 4.31. The molecule has 0 heterocycles. The fourth-order valence-electron chi connectivity index (χ4n) is 0.885. The smallest absolute Gasteiger partial charge is 0.232 e. The van der Waals surface area contributed by atoms with E-state index in [4.69, 9.17) is 5.11 Å². The summed E-state index contributed by atoms with van der Waals surface area (Å²) in [4.78, 5) is 0. The molecule has 0 aliphatic heterocycles. The Hall–Kier alpha value is -1.04. The maximum absolute atomic E-state index is 9.88.